The maximum Gasteiger partial charge on any atom is 0.416 e. The number of alkyl halides is 3. The van der Waals surface area contributed by atoms with Gasteiger partial charge >= 0.3 is 6.18 Å². The highest BCUT2D eigenvalue weighted by Crippen LogP contribution is 2.40. The summed E-state index contributed by atoms with van der Waals surface area (Å²) in [5.41, 5.74) is -0.428. The zero-order chi connectivity index (χ0) is 15.8. The third-order valence-electron chi connectivity index (χ3n) is 4.95. The molecule has 2 nitrogen and oxygen atoms in total. The number of hydrogen-bond acceptors (Lipinski definition) is 2. The van der Waals surface area contributed by atoms with Crippen molar-refractivity contribution in [2.24, 2.45) is 5.41 Å². The molecule has 6 heteroatoms. The molecule has 0 saturated carbocycles. The molecule has 2 heterocycles. The van der Waals surface area contributed by atoms with Crippen LogP contribution >= 0.6 is 0 Å². The molecule has 0 aromatic heterocycles. The number of halogens is 4. The number of rotatable bonds is 2. The van der Waals surface area contributed by atoms with Gasteiger partial charge in [-0.3, -0.25) is 4.90 Å². The largest absolute Gasteiger partial charge is 0.416 e. The van der Waals surface area contributed by atoms with E-state index in [4.69, 9.17) is 0 Å². The van der Waals surface area contributed by atoms with Crippen LogP contribution in [0.5, 0.6) is 0 Å². The number of nitrogens with zero attached hydrogens (tertiary/aromatic N) is 1. The van der Waals surface area contributed by atoms with Crippen LogP contribution in [0.15, 0.2) is 18.2 Å². The van der Waals surface area contributed by atoms with Crippen molar-refractivity contribution < 1.29 is 17.6 Å². The predicted molar refractivity (Wildman–Crippen MR) is 75.8 cm³/mol. The van der Waals surface area contributed by atoms with Crippen LogP contribution in [0.4, 0.5) is 17.6 Å². The van der Waals surface area contributed by atoms with E-state index in [1.54, 1.807) is 0 Å². The van der Waals surface area contributed by atoms with Crippen LogP contribution in [0.2, 0.25) is 0 Å². The van der Waals surface area contributed by atoms with Crippen molar-refractivity contribution >= 4 is 0 Å². The van der Waals surface area contributed by atoms with Gasteiger partial charge in [0, 0.05) is 13.1 Å². The Morgan fingerprint density at radius 2 is 1.86 bits per heavy atom. The minimum Gasteiger partial charge on any atom is -0.317 e. The number of hydrogen-bond donors (Lipinski definition) is 1. The van der Waals surface area contributed by atoms with E-state index in [1.807, 2.05) is 0 Å². The fourth-order valence-electron chi connectivity index (χ4n) is 3.72. The SMILES string of the molecule is Fc1ccc(CN2CCC3(CCNCC3)C2)c(C(F)(F)F)c1. The van der Waals surface area contributed by atoms with Crippen LogP contribution in [0.25, 0.3) is 0 Å². The van der Waals surface area contributed by atoms with Crippen molar-refractivity contribution in [3.63, 3.8) is 0 Å². The van der Waals surface area contributed by atoms with Crippen LogP contribution in [-0.2, 0) is 12.7 Å². The smallest absolute Gasteiger partial charge is 0.317 e. The van der Waals surface area contributed by atoms with Crippen molar-refractivity contribution in [2.45, 2.75) is 32.0 Å². The van der Waals surface area contributed by atoms with Gasteiger partial charge in [-0.1, -0.05) is 6.07 Å². The summed E-state index contributed by atoms with van der Waals surface area (Å²) in [5, 5.41) is 3.33. The second-order valence-corrected chi connectivity index (χ2v) is 6.51. The summed E-state index contributed by atoms with van der Waals surface area (Å²) < 4.78 is 52.3. The first-order valence-electron chi connectivity index (χ1n) is 7.67. The van der Waals surface area contributed by atoms with E-state index in [0.29, 0.717) is 6.07 Å². The lowest BCUT2D eigenvalue weighted by Crippen LogP contribution is -2.38. The summed E-state index contributed by atoms with van der Waals surface area (Å²) in [7, 11) is 0. The monoisotopic (exact) mass is 316 g/mol. The Hall–Kier alpha value is -1.14. The molecule has 0 bridgehead atoms. The van der Waals surface area contributed by atoms with Gasteiger partial charge < -0.3 is 5.32 Å². The Morgan fingerprint density at radius 1 is 1.14 bits per heavy atom. The van der Waals surface area contributed by atoms with E-state index in [-0.39, 0.29) is 17.5 Å². The summed E-state index contributed by atoms with van der Waals surface area (Å²) in [5.74, 6) is -0.840. The van der Waals surface area contributed by atoms with Gasteiger partial charge in [0.15, 0.2) is 0 Å². The number of nitrogens with one attached hydrogen (secondary N) is 1. The Bertz CT molecular complexity index is 535. The first-order chi connectivity index (χ1) is 10.4. The van der Waals surface area contributed by atoms with Crippen molar-refractivity contribution in [3.05, 3.63) is 35.1 Å². The zero-order valence-corrected chi connectivity index (χ0v) is 12.3. The topological polar surface area (TPSA) is 15.3 Å². The van der Waals surface area contributed by atoms with Gasteiger partial charge in [0.1, 0.15) is 5.82 Å². The van der Waals surface area contributed by atoms with Gasteiger partial charge in [-0.25, -0.2) is 4.39 Å². The average molecular weight is 316 g/mol. The summed E-state index contributed by atoms with van der Waals surface area (Å²) >= 11 is 0. The molecule has 0 radical (unpaired) electrons. The van der Waals surface area contributed by atoms with Gasteiger partial charge in [-0.15, -0.1) is 0 Å². The lowest BCUT2D eigenvalue weighted by molar-refractivity contribution is -0.138. The molecule has 0 atom stereocenters. The van der Waals surface area contributed by atoms with Gasteiger partial charge in [-0.05, 0) is 62.0 Å². The highest BCUT2D eigenvalue weighted by Gasteiger charge is 2.40. The second kappa shape index (κ2) is 5.81. The molecule has 1 aromatic carbocycles. The second-order valence-electron chi connectivity index (χ2n) is 6.51. The molecule has 2 saturated heterocycles. The third kappa shape index (κ3) is 3.27. The van der Waals surface area contributed by atoms with E-state index in [2.05, 4.69) is 10.2 Å². The molecule has 0 amide bonds. The predicted octanol–water partition coefficient (Wildman–Crippen LogP) is 3.42. The normalized spacial score (nSPS) is 22.4. The Labute approximate surface area is 127 Å². The van der Waals surface area contributed by atoms with Crippen LogP contribution in [0.3, 0.4) is 0 Å². The fraction of sp³-hybridized carbons (Fsp3) is 0.625. The van der Waals surface area contributed by atoms with Crippen LogP contribution in [0.1, 0.15) is 30.4 Å². The lowest BCUT2D eigenvalue weighted by Gasteiger charge is -2.34. The molecule has 3 rings (SSSR count). The summed E-state index contributed by atoms with van der Waals surface area (Å²) in [6, 6.07) is 2.98. The molecule has 0 aliphatic carbocycles. The maximum absolute atomic E-state index is 13.2. The summed E-state index contributed by atoms with van der Waals surface area (Å²) in [6.45, 7) is 3.86. The van der Waals surface area contributed by atoms with Crippen LogP contribution in [0, 0.1) is 11.2 Å². The van der Waals surface area contributed by atoms with Crippen LogP contribution in [-0.4, -0.2) is 31.1 Å². The van der Waals surface area contributed by atoms with Gasteiger partial charge in [-0.2, -0.15) is 13.2 Å². The third-order valence-corrected chi connectivity index (χ3v) is 4.95. The molecular formula is C16H20F4N2. The van der Waals surface area contributed by atoms with Gasteiger partial charge in [0.2, 0.25) is 0 Å². The quantitative estimate of drug-likeness (QED) is 0.841. The van der Waals surface area contributed by atoms with Crippen molar-refractivity contribution in [3.8, 4) is 0 Å². The molecular weight excluding hydrogens is 296 g/mol. The minimum absolute atomic E-state index is 0.167. The zero-order valence-electron chi connectivity index (χ0n) is 12.3. The summed E-state index contributed by atoms with van der Waals surface area (Å²) in [6.07, 6.45) is -1.31. The van der Waals surface area contributed by atoms with E-state index in [0.717, 1.165) is 51.5 Å². The molecule has 0 unspecified atom stereocenters. The maximum atomic E-state index is 13.2. The standard InChI is InChI=1S/C16H20F4N2/c17-13-2-1-12(14(9-13)16(18,19)20)10-22-8-5-15(11-22)3-6-21-7-4-15/h1-2,9,21H,3-8,10-11H2. The molecule has 1 N–H and O–H groups in total. The van der Waals surface area contributed by atoms with E-state index >= 15 is 0 Å². The van der Waals surface area contributed by atoms with E-state index in [1.165, 1.54) is 6.07 Å². The van der Waals surface area contributed by atoms with Crippen molar-refractivity contribution in [1.29, 1.82) is 0 Å². The van der Waals surface area contributed by atoms with E-state index < -0.39 is 17.6 Å². The van der Waals surface area contributed by atoms with E-state index in [9.17, 15) is 17.6 Å². The molecule has 2 aliphatic heterocycles. The number of piperidine rings is 1. The molecule has 22 heavy (non-hydrogen) atoms. The molecule has 1 spiro atoms. The molecule has 2 fully saturated rings. The Kier molecular flexibility index (Phi) is 4.16. The van der Waals surface area contributed by atoms with Crippen molar-refractivity contribution in [1.82, 2.24) is 10.2 Å². The fourth-order valence-corrected chi connectivity index (χ4v) is 3.72. The van der Waals surface area contributed by atoms with Gasteiger partial charge in [0.05, 0.1) is 5.56 Å². The Balaban J connectivity index is 1.74. The van der Waals surface area contributed by atoms with Crippen LogP contribution < -0.4 is 5.32 Å². The number of benzene rings is 1. The summed E-state index contributed by atoms with van der Waals surface area (Å²) in [4.78, 5) is 2.08. The lowest BCUT2D eigenvalue weighted by atomic mass is 9.78. The number of likely N-dealkylation sites (tertiary alicyclic amines) is 1. The molecule has 2 aliphatic rings. The first-order valence-corrected chi connectivity index (χ1v) is 7.67. The minimum atomic E-state index is -4.51. The average Bonchev–Trinajstić information content (AvgIpc) is 2.83. The van der Waals surface area contributed by atoms with Crippen molar-refractivity contribution in [2.75, 3.05) is 26.2 Å². The first kappa shape index (κ1) is 15.7. The Morgan fingerprint density at radius 3 is 2.55 bits per heavy atom. The van der Waals surface area contributed by atoms with Gasteiger partial charge in [0.25, 0.3) is 0 Å². The highest BCUT2D eigenvalue weighted by atomic mass is 19.4. The molecule has 1 aromatic rings. The highest BCUT2D eigenvalue weighted by molar-refractivity contribution is 5.30. The molecule has 122 valence electrons.